The van der Waals surface area contributed by atoms with Crippen LogP contribution in [0.5, 0.6) is 0 Å². The molecule has 0 atom stereocenters. The summed E-state index contributed by atoms with van der Waals surface area (Å²) in [4.78, 5) is 19.4. The molecule has 0 radical (unpaired) electrons. The van der Waals surface area contributed by atoms with Gasteiger partial charge in [-0.25, -0.2) is 14.5 Å². The Hall–Kier alpha value is -2.87. The van der Waals surface area contributed by atoms with Crippen molar-refractivity contribution in [3.63, 3.8) is 0 Å². The van der Waals surface area contributed by atoms with Gasteiger partial charge in [-0.05, 0) is 24.3 Å². The molecule has 0 saturated carbocycles. The van der Waals surface area contributed by atoms with E-state index in [0.29, 0.717) is 10.7 Å². The number of hydrogen-bond donors (Lipinski definition) is 1. The highest BCUT2D eigenvalue weighted by molar-refractivity contribution is 7.14. The van der Waals surface area contributed by atoms with E-state index in [2.05, 4.69) is 20.3 Å². The summed E-state index contributed by atoms with van der Waals surface area (Å²) >= 11 is 1.11. The van der Waals surface area contributed by atoms with E-state index in [0.717, 1.165) is 22.7 Å². The Bertz CT molecular complexity index is 838. The Morgan fingerprint density at radius 1 is 1.32 bits per heavy atom. The van der Waals surface area contributed by atoms with E-state index >= 15 is 0 Å². The van der Waals surface area contributed by atoms with Gasteiger partial charge in [0.2, 0.25) is 0 Å². The average molecular weight is 313 g/mol. The molecule has 0 aliphatic carbocycles. The lowest BCUT2D eigenvalue weighted by atomic mass is 10.2. The predicted octanol–water partition coefficient (Wildman–Crippen LogP) is 2.20. The predicted molar refractivity (Wildman–Crippen MR) is 82.2 cm³/mol. The molecule has 0 amide bonds. The average Bonchev–Trinajstić information content (AvgIpc) is 3.13. The van der Waals surface area contributed by atoms with Gasteiger partial charge in [0.05, 0.1) is 17.6 Å². The van der Waals surface area contributed by atoms with E-state index in [1.165, 1.54) is 6.20 Å². The maximum absolute atomic E-state index is 10.9. The summed E-state index contributed by atoms with van der Waals surface area (Å²) in [5, 5.41) is 17.6. The first-order valence-corrected chi connectivity index (χ1v) is 7.15. The van der Waals surface area contributed by atoms with E-state index in [1.807, 2.05) is 18.2 Å². The van der Waals surface area contributed by atoms with Crippen LogP contribution in [-0.4, -0.2) is 36.0 Å². The lowest BCUT2D eigenvalue weighted by Crippen LogP contribution is -1.93. The molecule has 0 spiro atoms. The van der Waals surface area contributed by atoms with Crippen LogP contribution in [0.3, 0.4) is 0 Å². The van der Waals surface area contributed by atoms with Gasteiger partial charge < -0.3 is 5.11 Å². The van der Waals surface area contributed by atoms with E-state index in [4.69, 9.17) is 5.11 Å². The lowest BCUT2D eigenvalue weighted by molar-refractivity contribution is 0.0702. The minimum Gasteiger partial charge on any atom is -0.477 e. The quantitative estimate of drug-likeness (QED) is 0.793. The normalized spacial score (nSPS) is 11.1. The highest BCUT2D eigenvalue weighted by atomic mass is 32.1. The number of carboxylic acid groups (broad SMARTS) is 1. The minimum absolute atomic E-state index is 0.202. The van der Waals surface area contributed by atoms with Gasteiger partial charge in [0.15, 0.2) is 0 Å². The standard InChI is InChI=1S/C14H11N5O2S/c1-19-10(5-6-12-16-8-11(22-12)14(20)21)13(17-18-19)9-4-2-3-7-15-9/h2-8H,1H3,(H,20,21)/b6-5+. The van der Waals surface area contributed by atoms with E-state index in [-0.39, 0.29) is 4.88 Å². The summed E-state index contributed by atoms with van der Waals surface area (Å²) in [7, 11) is 1.78. The van der Waals surface area contributed by atoms with Gasteiger partial charge in [-0.1, -0.05) is 11.3 Å². The third-order valence-corrected chi connectivity index (χ3v) is 3.85. The van der Waals surface area contributed by atoms with Crippen LogP contribution < -0.4 is 0 Å². The molecule has 7 nitrogen and oxygen atoms in total. The largest absolute Gasteiger partial charge is 0.477 e. The van der Waals surface area contributed by atoms with Crippen LogP contribution in [0.25, 0.3) is 23.5 Å². The van der Waals surface area contributed by atoms with E-state index in [9.17, 15) is 4.79 Å². The molecule has 0 unspecified atom stereocenters. The zero-order valence-corrected chi connectivity index (χ0v) is 12.4. The number of pyridine rings is 1. The first-order valence-electron chi connectivity index (χ1n) is 6.33. The second-order valence-electron chi connectivity index (χ2n) is 4.36. The van der Waals surface area contributed by atoms with Crippen molar-refractivity contribution in [1.82, 2.24) is 25.0 Å². The van der Waals surface area contributed by atoms with Crippen LogP contribution >= 0.6 is 11.3 Å². The number of aromatic nitrogens is 5. The number of hydrogen-bond acceptors (Lipinski definition) is 6. The summed E-state index contributed by atoms with van der Waals surface area (Å²) in [6.07, 6.45) is 6.57. The molecule has 1 N–H and O–H groups in total. The van der Waals surface area contributed by atoms with Crippen molar-refractivity contribution in [2.75, 3.05) is 0 Å². The maximum Gasteiger partial charge on any atom is 0.347 e. The molecule has 3 rings (SSSR count). The van der Waals surface area contributed by atoms with Gasteiger partial charge in [0.1, 0.15) is 15.6 Å². The first-order chi connectivity index (χ1) is 10.6. The number of carboxylic acids is 1. The Morgan fingerprint density at radius 3 is 2.86 bits per heavy atom. The van der Waals surface area contributed by atoms with Crippen LogP contribution in [0.2, 0.25) is 0 Å². The summed E-state index contributed by atoms with van der Waals surface area (Å²) < 4.78 is 1.63. The van der Waals surface area contributed by atoms with Crippen LogP contribution in [0.1, 0.15) is 20.4 Å². The van der Waals surface area contributed by atoms with Crippen LogP contribution in [0.15, 0.2) is 30.6 Å². The second kappa shape index (κ2) is 5.86. The molecule has 0 aliphatic rings. The lowest BCUT2D eigenvalue weighted by Gasteiger charge is -1.98. The van der Waals surface area contributed by atoms with Crippen molar-refractivity contribution in [2.24, 2.45) is 7.05 Å². The Balaban J connectivity index is 1.93. The molecule has 0 aliphatic heterocycles. The van der Waals surface area contributed by atoms with Crippen molar-refractivity contribution in [3.8, 4) is 11.4 Å². The summed E-state index contributed by atoms with van der Waals surface area (Å²) in [6.45, 7) is 0. The van der Waals surface area contributed by atoms with Gasteiger partial charge in [0, 0.05) is 13.2 Å². The summed E-state index contributed by atoms with van der Waals surface area (Å²) in [5.74, 6) is -0.978. The molecule has 3 aromatic rings. The summed E-state index contributed by atoms with van der Waals surface area (Å²) in [5.41, 5.74) is 2.15. The topological polar surface area (TPSA) is 93.8 Å². The fourth-order valence-electron chi connectivity index (χ4n) is 1.85. The molecule has 8 heteroatoms. The Labute approximate surface area is 129 Å². The molecule has 0 fully saturated rings. The van der Waals surface area contributed by atoms with Crippen LogP contribution in [0, 0.1) is 0 Å². The Kier molecular flexibility index (Phi) is 3.75. The minimum atomic E-state index is -0.978. The number of rotatable bonds is 4. The van der Waals surface area contributed by atoms with Gasteiger partial charge in [0.25, 0.3) is 0 Å². The summed E-state index contributed by atoms with van der Waals surface area (Å²) in [6, 6.07) is 5.57. The molecule has 0 aromatic carbocycles. The number of thiazole rings is 1. The second-order valence-corrected chi connectivity index (χ2v) is 5.43. The number of aryl methyl sites for hydroxylation is 1. The van der Waals surface area contributed by atoms with Crippen LogP contribution in [0.4, 0.5) is 0 Å². The molecule has 0 saturated heterocycles. The van der Waals surface area contributed by atoms with Crippen molar-refractivity contribution >= 4 is 29.5 Å². The fourth-order valence-corrected chi connectivity index (χ4v) is 2.51. The highest BCUT2D eigenvalue weighted by Crippen LogP contribution is 2.21. The third-order valence-electron chi connectivity index (χ3n) is 2.90. The number of carbonyl (C=O) groups is 1. The van der Waals surface area contributed by atoms with Gasteiger partial charge in [-0.3, -0.25) is 4.98 Å². The number of aromatic carboxylic acids is 1. The Morgan fingerprint density at radius 2 is 2.18 bits per heavy atom. The molecule has 3 heterocycles. The number of nitrogens with zero attached hydrogens (tertiary/aromatic N) is 5. The molecule has 0 bridgehead atoms. The monoisotopic (exact) mass is 313 g/mol. The highest BCUT2D eigenvalue weighted by Gasteiger charge is 2.12. The zero-order chi connectivity index (χ0) is 15.5. The molecule has 3 aromatic heterocycles. The van der Waals surface area contributed by atoms with E-state index in [1.54, 1.807) is 30.1 Å². The fraction of sp³-hybridized carbons (Fsp3) is 0.0714. The van der Waals surface area contributed by atoms with Gasteiger partial charge in [-0.2, -0.15) is 0 Å². The van der Waals surface area contributed by atoms with E-state index < -0.39 is 5.97 Å². The first kappa shape index (κ1) is 14.1. The maximum atomic E-state index is 10.9. The van der Waals surface area contributed by atoms with Gasteiger partial charge in [-0.15, -0.1) is 16.4 Å². The van der Waals surface area contributed by atoms with Crippen molar-refractivity contribution < 1.29 is 9.90 Å². The van der Waals surface area contributed by atoms with Crippen molar-refractivity contribution in [3.05, 3.63) is 46.2 Å². The van der Waals surface area contributed by atoms with Crippen molar-refractivity contribution in [1.29, 1.82) is 0 Å². The smallest absolute Gasteiger partial charge is 0.347 e. The molecular formula is C14H11N5O2S. The molecular weight excluding hydrogens is 302 g/mol. The van der Waals surface area contributed by atoms with Crippen molar-refractivity contribution in [2.45, 2.75) is 0 Å². The van der Waals surface area contributed by atoms with Crippen LogP contribution in [-0.2, 0) is 7.05 Å². The zero-order valence-electron chi connectivity index (χ0n) is 11.5. The third kappa shape index (κ3) is 2.77. The molecule has 22 heavy (non-hydrogen) atoms. The van der Waals surface area contributed by atoms with Gasteiger partial charge >= 0.3 is 5.97 Å². The molecule has 110 valence electrons. The SMILES string of the molecule is Cn1nnc(-c2ccccn2)c1/C=C/c1ncc(C(=O)O)s1.